The van der Waals surface area contributed by atoms with Gasteiger partial charge >= 0.3 is 0 Å². The van der Waals surface area contributed by atoms with Gasteiger partial charge in [-0.05, 0) is 80.4 Å². The van der Waals surface area contributed by atoms with Gasteiger partial charge in [0.2, 0.25) is 0 Å². The Bertz CT molecular complexity index is 2810. The van der Waals surface area contributed by atoms with Crippen LogP contribution in [0.15, 0.2) is 218 Å². The number of thiophene rings is 1. The minimum Gasteiger partial charge on any atom is -0.309 e. The molecule has 1 heterocycles. The van der Waals surface area contributed by atoms with Crippen LogP contribution in [0, 0.1) is 5.41 Å². The summed E-state index contributed by atoms with van der Waals surface area (Å²) < 4.78 is 1.30. The highest BCUT2D eigenvalue weighted by atomic mass is 32.1. The monoisotopic (exact) mass is 759 g/mol. The van der Waals surface area contributed by atoms with Crippen LogP contribution in [0.3, 0.4) is 0 Å². The first-order valence-corrected chi connectivity index (χ1v) is 21.0. The highest BCUT2D eigenvalue weighted by molar-refractivity contribution is 7.20. The molecule has 11 rings (SSSR count). The molecule has 2 aliphatic carbocycles. The average molecular weight is 760 g/mol. The van der Waals surface area contributed by atoms with E-state index in [1.165, 1.54) is 70.7 Å². The third-order valence-electron chi connectivity index (χ3n) is 12.8. The van der Waals surface area contributed by atoms with Crippen LogP contribution in [0.1, 0.15) is 45.5 Å². The van der Waals surface area contributed by atoms with E-state index in [-0.39, 0.29) is 16.7 Å². The predicted octanol–water partition coefficient (Wildman–Crippen LogP) is 15.2. The van der Waals surface area contributed by atoms with Gasteiger partial charge in [-0.2, -0.15) is 0 Å². The molecule has 0 amide bonds. The van der Waals surface area contributed by atoms with Crippen LogP contribution < -0.4 is 4.90 Å². The molecule has 276 valence electrons. The van der Waals surface area contributed by atoms with Gasteiger partial charge in [0.25, 0.3) is 0 Å². The molecule has 8 aromatic carbocycles. The zero-order chi connectivity index (χ0) is 38.7. The van der Waals surface area contributed by atoms with Gasteiger partial charge < -0.3 is 4.90 Å². The van der Waals surface area contributed by atoms with E-state index in [0.29, 0.717) is 0 Å². The van der Waals surface area contributed by atoms with Crippen LogP contribution in [-0.4, -0.2) is 0 Å². The first-order chi connectivity index (χ1) is 28.6. The van der Waals surface area contributed by atoms with Crippen LogP contribution in [0.2, 0.25) is 0 Å². The average Bonchev–Trinajstić information content (AvgIpc) is 3.79. The molecule has 0 N–H and O–H groups in total. The SMILES string of the molecule is CC12C=Cc3c(sc4c(N(c5ccc(-c6ccccc6)cc5)c5ccc(-c6ccccc6)cc5)cccc34)C1c1ccccc1C2(c1ccccc1)c1ccccc1. The van der Waals surface area contributed by atoms with Gasteiger partial charge in [0, 0.05) is 33.0 Å². The molecule has 2 atom stereocenters. The quantitative estimate of drug-likeness (QED) is 0.156. The van der Waals surface area contributed by atoms with E-state index in [0.717, 1.165) is 11.4 Å². The zero-order valence-electron chi connectivity index (χ0n) is 32.3. The summed E-state index contributed by atoms with van der Waals surface area (Å²) in [6.07, 6.45) is 5.01. The fourth-order valence-electron chi connectivity index (χ4n) is 10.3. The molecule has 0 spiro atoms. The summed E-state index contributed by atoms with van der Waals surface area (Å²) in [5, 5.41) is 1.30. The van der Waals surface area contributed by atoms with Gasteiger partial charge in [0.15, 0.2) is 0 Å². The minimum absolute atomic E-state index is 0.165. The van der Waals surface area contributed by atoms with Gasteiger partial charge in [-0.1, -0.05) is 201 Å². The molecule has 0 bridgehead atoms. The lowest BCUT2D eigenvalue weighted by Crippen LogP contribution is -2.44. The molecular formula is C56H41NS. The first-order valence-electron chi connectivity index (χ1n) is 20.2. The Morgan fingerprint density at radius 2 is 0.948 bits per heavy atom. The molecule has 0 saturated heterocycles. The standard InChI is InChI=1S/C56H41NS/c1-55-38-37-48-47-26-16-28-51(57(45-33-29-41(30-34-45)39-17-6-2-7-18-39)46-35-31-42(32-36-46)40-19-8-3-9-20-40)53(47)58-54(48)52(55)49-25-14-15-27-50(49)56(55,43-21-10-4-11-22-43)44-23-12-5-13-24-44/h2-38,52H,1H3. The second-order valence-corrected chi connectivity index (χ2v) is 16.9. The summed E-state index contributed by atoms with van der Waals surface area (Å²) in [4.78, 5) is 3.89. The number of hydrogen-bond acceptors (Lipinski definition) is 2. The number of benzene rings is 8. The third-order valence-corrected chi connectivity index (χ3v) is 14.1. The molecule has 0 radical (unpaired) electrons. The second kappa shape index (κ2) is 13.7. The van der Waals surface area contributed by atoms with E-state index in [1.54, 1.807) is 0 Å². The lowest BCUT2D eigenvalue weighted by molar-refractivity contribution is 0.287. The molecule has 2 heteroatoms. The van der Waals surface area contributed by atoms with E-state index in [2.05, 4.69) is 236 Å². The van der Waals surface area contributed by atoms with Gasteiger partial charge in [-0.25, -0.2) is 0 Å². The van der Waals surface area contributed by atoms with E-state index in [4.69, 9.17) is 0 Å². The Balaban J connectivity index is 1.11. The van der Waals surface area contributed by atoms with E-state index in [9.17, 15) is 0 Å². The first kappa shape index (κ1) is 34.5. The smallest absolute Gasteiger partial charge is 0.0640 e. The number of nitrogens with zero attached hydrogens (tertiary/aromatic N) is 1. The molecule has 2 aliphatic rings. The Kier molecular flexibility index (Phi) is 8.17. The summed E-state index contributed by atoms with van der Waals surface area (Å²) >= 11 is 1.98. The molecule has 0 saturated carbocycles. The lowest BCUT2D eigenvalue weighted by atomic mass is 9.54. The van der Waals surface area contributed by atoms with Crippen molar-refractivity contribution in [3.05, 3.63) is 251 Å². The van der Waals surface area contributed by atoms with Gasteiger partial charge in [-0.15, -0.1) is 11.3 Å². The van der Waals surface area contributed by atoms with Crippen molar-refractivity contribution in [1.29, 1.82) is 0 Å². The molecule has 58 heavy (non-hydrogen) atoms. The highest BCUT2D eigenvalue weighted by Gasteiger charge is 2.62. The summed E-state index contributed by atoms with van der Waals surface area (Å²) in [6, 6.07) is 78.0. The maximum Gasteiger partial charge on any atom is 0.0640 e. The maximum absolute atomic E-state index is 2.56. The molecule has 9 aromatic rings. The van der Waals surface area contributed by atoms with Crippen molar-refractivity contribution >= 4 is 44.6 Å². The van der Waals surface area contributed by atoms with Gasteiger partial charge in [0.1, 0.15) is 0 Å². The fraction of sp³-hybridized carbons (Fsp3) is 0.0714. The van der Waals surface area contributed by atoms with Crippen molar-refractivity contribution in [2.24, 2.45) is 5.41 Å². The van der Waals surface area contributed by atoms with E-state index < -0.39 is 0 Å². The number of hydrogen-bond donors (Lipinski definition) is 0. The van der Waals surface area contributed by atoms with Crippen molar-refractivity contribution in [3.8, 4) is 22.3 Å². The number of anilines is 3. The summed E-state index contributed by atoms with van der Waals surface area (Å²) in [6.45, 7) is 2.51. The van der Waals surface area contributed by atoms with Crippen molar-refractivity contribution < 1.29 is 0 Å². The largest absolute Gasteiger partial charge is 0.309 e. The summed E-state index contributed by atoms with van der Waals surface area (Å²) in [5.41, 5.74) is 14.5. The molecule has 0 fully saturated rings. The van der Waals surface area contributed by atoms with E-state index in [1.807, 2.05) is 11.3 Å². The zero-order valence-corrected chi connectivity index (χ0v) is 33.1. The highest BCUT2D eigenvalue weighted by Crippen LogP contribution is 2.70. The van der Waals surface area contributed by atoms with Crippen molar-refractivity contribution in [2.75, 3.05) is 4.90 Å². The minimum atomic E-state index is -0.378. The van der Waals surface area contributed by atoms with E-state index >= 15 is 0 Å². The van der Waals surface area contributed by atoms with Crippen molar-refractivity contribution in [3.63, 3.8) is 0 Å². The van der Waals surface area contributed by atoms with Crippen LogP contribution >= 0.6 is 11.3 Å². The van der Waals surface area contributed by atoms with Gasteiger partial charge in [-0.3, -0.25) is 0 Å². The maximum atomic E-state index is 2.56. The van der Waals surface area contributed by atoms with Crippen molar-refractivity contribution in [1.82, 2.24) is 0 Å². The number of fused-ring (bicyclic) bond motifs is 7. The predicted molar refractivity (Wildman–Crippen MR) is 246 cm³/mol. The third kappa shape index (κ3) is 5.15. The molecule has 1 nitrogen and oxygen atoms in total. The topological polar surface area (TPSA) is 3.24 Å². The van der Waals surface area contributed by atoms with Crippen LogP contribution in [0.25, 0.3) is 38.4 Å². The van der Waals surface area contributed by atoms with Crippen LogP contribution in [0.5, 0.6) is 0 Å². The normalized spacial score (nSPS) is 17.4. The Morgan fingerprint density at radius 3 is 1.50 bits per heavy atom. The molecule has 0 aliphatic heterocycles. The Morgan fingerprint density at radius 1 is 0.466 bits per heavy atom. The second-order valence-electron chi connectivity index (χ2n) is 15.8. The lowest BCUT2D eigenvalue weighted by Gasteiger charge is -2.48. The molecular weight excluding hydrogens is 719 g/mol. The van der Waals surface area contributed by atoms with Crippen LogP contribution in [0.4, 0.5) is 17.1 Å². The fourth-order valence-corrected chi connectivity index (χ4v) is 11.8. The Labute approximate surface area is 344 Å². The summed E-state index contributed by atoms with van der Waals surface area (Å²) in [7, 11) is 0. The van der Waals surface area contributed by atoms with Crippen molar-refractivity contribution in [2.45, 2.75) is 18.3 Å². The Hall–Kier alpha value is -6.74. The summed E-state index contributed by atoms with van der Waals surface area (Å²) in [5.74, 6) is 0.165. The molecule has 1 aromatic heterocycles. The van der Waals surface area contributed by atoms with Crippen LogP contribution in [-0.2, 0) is 5.41 Å². The number of allylic oxidation sites excluding steroid dienone is 1. The molecule has 2 unspecified atom stereocenters. The number of rotatable bonds is 7. The van der Waals surface area contributed by atoms with Gasteiger partial charge in [0.05, 0.1) is 15.8 Å².